The Kier molecular flexibility index (Phi) is 2.18. The lowest BCUT2D eigenvalue weighted by atomic mass is 9.93. The Bertz CT molecular complexity index is 463. The Hall–Kier alpha value is -1.47. The van der Waals surface area contributed by atoms with E-state index in [1.807, 2.05) is 18.2 Å². The molecule has 2 rings (SSSR count). The number of amides is 1. The summed E-state index contributed by atoms with van der Waals surface area (Å²) in [6, 6.07) is 1.84. The third-order valence-electron chi connectivity index (χ3n) is 2.02. The highest BCUT2D eigenvalue weighted by Gasteiger charge is 2.22. The second kappa shape index (κ2) is 3.35. The molecule has 0 aromatic heterocycles. The van der Waals surface area contributed by atoms with Gasteiger partial charge in [0, 0.05) is 10.4 Å². The van der Waals surface area contributed by atoms with E-state index >= 15 is 0 Å². The van der Waals surface area contributed by atoms with E-state index in [-0.39, 0.29) is 11.5 Å². The minimum atomic E-state index is -0.449. The van der Waals surface area contributed by atoms with Crippen LogP contribution in [0.15, 0.2) is 39.4 Å². The van der Waals surface area contributed by atoms with Crippen LogP contribution in [0.25, 0.3) is 0 Å². The molecule has 1 atom stereocenters. The van der Waals surface area contributed by atoms with Crippen molar-refractivity contribution in [3.63, 3.8) is 0 Å². The minimum absolute atomic E-state index is 0.0540. The average Bonchev–Trinajstić information content (AvgIpc) is 2.17. The molecule has 1 heterocycles. The van der Waals surface area contributed by atoms with Gasteiger partial charge >= 0.3 is 0 Å². The second-order valence-electron chi connectivity index (χ2n) is 2.94. The Morgan fingerprint density at radius 3 is 2.93 bits per heavy atom. The number of carbonyl (C=O) groups is 1. The summed E-state index contributed by atoms with van der Waals surface area (Å²) in [5.41, 5.74) is 0.808. The van der Waals surface area contributed by atoms with Crippen LogP contribution in [0.3, 0.4) is 0 Å². The van der Waals surface area contributed by atoms with Gasteiger partial charge in [0.05, 0.1) is 5.71 Å². The molecule has 14 heavy (non-hydrogen) atoms. The van der Waals surface area contributed by atoms with Crippen LogP contribution in [0.2, 0.25) is 0 Å². The number of nitriles is 1. The number of aliphatic imine (C=N–C) groups is 1. The van der Waals surface area contributed by atoms with E-state index in [2.05, 4.69) is 20.9 Å². The summed E-state index contributed by atoms with van der Waals surface area (Å²) in [5, 5.41) is 8.66. The van der Waals surface area contributed by atoms with Crippen LogP contribution >= 0.6 is 15.9 Å². The number of nitrogens with zero attached hydrogens (tertiary/aromatic N) is 2. The highest BCUT2D eigenvalue weighted by atomic mass is 79.9. The first-order chi connectivity index (χ1) is 6.70. The highest BCUT2D eigenvalue weighted by Crippen LogP contribution is 2.24. The van der Waals surface area contributed by atoms with Gasteiger partial charge in [0.25, 0.3) is 5.91 Å². The van der Waals surface area contributed by atoms with Gasteiger partial charge in [0.1, 0.15) is 11.6 Å². The third kappa shape index (κ3) is 1.47. The summed E-state index contributed by atoms with van der Waals surface area (Å²) in [7, 11) is 0. The molecule has 2 aliphatic rings. The summed E-state index contributed by atoms with van der Waals surface area (Å²) in [4.78, 5) is 15.0. The zero-order chi connectivity index (χ0) is 10.1. The molecule has 0 fully saturated rings. The summed E-state index contributed by atoms with van der Waals surface area (Å²) in [6.07, 6.45) is 7.14. The first kappa shape index (κ1) is 9.10. The average molecular weight is 249 g/mol. The number of hydrogen-bond donors (Lipinski definition) is 0. The van der Waals surface area contributed by atoms with Crippen LogP contribution in [0.4, 0.5) is 0 Å². The number of hydrogen-bond acceptors (Lipinski definition) is 2. The van der Waals surface area contributed by atoms with E-state index in [4.69, 9.17) is 5.26 Å². The van der Waals surface area contributed by atoms with E-state index in [1.54, 1.807) is 12.2 Å². The van der Waals surface area contributed by atoms with Crippen LogP contribution in [0.1, 0.15) is 0 Å². The van der Waals surface area contributed by atoms with Crippen LogP contribution in [0, 0.1) is 17.2 Å². The maximum atomic E-state index is 11.2. The molecule has 0 bridgehead atoms. The summed E-state index contributed by atoms with van der Waals surface area (Å²) in [6.45, 7) is 0. The Morgan fingerprint density at radius 1 is 1.43 bits per heavy atom. The van der Waals surface area contributed by atoms with Crippen molar-refractivity contribution >= 4 is 27.5 Å². The largest absolute Gasteiger partial charge is 0.287 e. The first-order valence-corrected chi connectivity index (χ1v) is 4.80. The number of fused-ring (bicyclic) bond motifs is 1. The number of carbonyl (C=O) groups excluding carboxylic acids is 1. The molecule has 0 aromatic carbocycles. The van der Waals surface area contributed by atoms with Gasteiger partial charge in [-0.3, -0.25) is 4.79 Å². The molecule has 0 radical (unpaired) electrons. The van der Waals surface area contributed by atoms with Crippen molar-refractivity contribution in [1.29, 1.82) is 5.26 Å². The fraction of sp³-hybridized carbons (Fsp3) is 0.100. The van der Waals surface area contributed by atoms with Crippen LogP contribution in [0.5, 0.6) is 0 Å². The van der Waals surface area contributed by atoms with Crippen molar-refractivity contribution in [3.8, 4) is 6.07 Å². The molecule has 0 spiro atoms. The molecule has 3 nitrogen and oxygen atoms in total. The molecule has 1 aliphatic carbocycles. The number of halogens is 1. The predicted octanol–water partition coefficient (Wildman–Crippen LogP) is 1.88. The lowest BCUT2D eigenvalue weighted by Crippen LogP contribution is -2.19. The van der Waals surface area contributed by atoms with Gasteiger partial charge in [-0.1, -0.05) is 22.0 Å². The molecule has 4 heteroatoms. The molecule has 1 unspecified atom stereocenters. The van der Waals surface area contributed by atoms with E-state index in [0.29, 0.717) is 5.71 Å². The molecule has 1 amide bonds. The van der Waals surface area contributed by atoms with Crippen molar-refractivity contribution in [1.82, 2.24) is 0 Å². The third-order valence-corrected chi connectivity index (χ3v) is 2.55. The van der Waals surface area contributed by atoms with Crippen molar-refractivity contribution in [3.05, 3.63) is 34.4 Å². The van der Waals surface area contributed by atoms with E-state index in [0.717, 1.165) is 4.48 Å². The number of dihydropyridines is 1. The number of allylic oxidation sites excluding steroid dienone is 5. The number of rotatable bonds is 0. The molecule has 68 valence electrons. The first-order valence-electron chi connectivity index (χ1n) is 4.01. The van der Waals surface area contributed by atoms with Gasteiger partial charge in [-0.25, -0.2) is 4.99 Å². The fourth-order valence-electron chi connectivity index (χ4n) is 1.35. The molecule has 0 saturated heterocycles. The molecular formula is C10H5BrN2O. The topological polar surface area (TPSA) is 53.2 Å². The SMILES string of the molecule is N#CC1=CC2C=C(Br)C=CC2=NC1=O. The van der Waals surface area contributed by atoms with Crippen molar-refractivity contribution in [2.24, 2.45) is 10.9 Å². The minimum Gasteiger partial charge on any atom is -0.266 e. The van der Waals surface area contributed by atoms with E-state index in [9.17, 15) is 4.79 Å². The summed E-state index contributed by atoms with van der Waals surface area (Å²) in [5.74, 6) is -0.503. The summed E-state index contributed by atoms with van der Waals surface area (Å²) < 4.78 is 0.935. The smallest absolute Gasteiger partial charge is 0.266 e. The quantitative estimate of drug-likeness (QED) is 0.658. The molecule has 0 saturated carbocycles. The lowest BCUT2D eigenvalue weighted by Gasteiger charge is -2.16. The molecule has 0 N–H and O–H groups in total. The van der Waals surface area contributed by atoms with Gasteiger partial charge in [0.2, 0.25) is 0 Å². The highest BCUT2D eigenvalue weighted by molar-refractivity contribution is 9.11. The van der Waals surface area contributed by atoms with Gasteiger partial charge in [-0.15, -0.1) is 0 Å². The van der Waals surface area contributed by atoms with Gasteiger partial charge in [-0.2, -0.15) is 5.26 Å². The van der Waals surface area contributed by atoms with Crippen molar-refractivity contribution < 1.29 is 4.79 Å². The van der Waals surface area contributed by atoms with Crippen LogP contribution in [-0.2, 0) is 4.79 Å². The van der Waals surface area contributed by atoms with Crippen LogP contribution < -0.4 is 0 Å². The fourth-order valence-corrected chi connectivity index (χ4v) is 1.76. The van der Waals surface area contributed by atoms with Crippen molar-refractivity contribution in [2.45, 2.75) is 0 Å². The standard InChI is InChI=1S/C10H5BrN2O/c11-8-1-2-9-6(4-8)3-7(5-12)10(14)13-9/h1-4,6H. The van der Waals surface area contributed by atoms with Gasteiger partial charge < -0.3 is 0 Å². The Labute approximate surface area is 89.3 Å². The second-order valence-corrected chi connectivity index (χ2v) is 3.86. The normalized spacial score (nSPS) is 24.4. The summed E-state index contributed by atoms with van der Waals surface area (Å²) >= 11 is 3.33. The van der Waals surface area contributed by atoms with Crippen molar-refractivity contribution in [2.75, 3.05) is 0 Å². The Morgan fingerprint density at radius 2 is 2.21 bits per heavy atom. The Balaban J connectivity index is 2.43. The van der Waals surface area contributed by atoms with Gasteiger partial charge in [-0.05, 0) is 18.2 Å². The monoisotopic (exact) mass is 248 g/mol. The molecule has 0 aromatic rings. The molecule has 1 aliphatic heterocycles. The van der Waals surface area contributed by atoms with E-state index < -0.39 is 5.91 Å². The van der Waals surface area contributed by atoms with Gasteiger partial charge in [0.15, 0.2) is 0 Å². The molecular weight excluding hydrogens is 244 g/mol. The van der Waals surface area contributed by atoms with Crippen LogP contribution in [-0.4, -0.2) is 11.6 Å². The maximum Gasteiger partial charge on any atom is 0.287 e. The lowest BCUT2D eigenvalue weighted by molar-refractivity contribution is -0.114. The zero-order valence-electron chi connectivity index (χ0n) is 7.07. The zero-order valence-corrected chi connectivity index (χ0v) is 8.65. The predicted molar refractivity (Wildman–Crippen MR) is 55.8 cm³/mol. The maximum absolute atomic E-state index is 11.2. The van der Waals surface area contributed by atoms with E-state index in [1.165, 1.54) is 0 Å².